The number of benzene rings is 6. The number of fused-ring (bicyclic) bond motifs is 10. The summed E-state index contributed by atoms with van der Waals surface area (Å²) in [6.45, 7) is 4.77. The lowest BCUT2D eigenvalue weighted by atomic mass is 9.80. The average molecular weight is 460 g/mol. The van der Waals surface area contributed by atoms with E-state index < -0.39 is 0 Å². The highest BCUT2D eigenvalue weighted by Gasteiger charge is 2.38. The molecule has 0 radical (unpaired) electrons. The molecule has 0 amide bonds. The van der Waals surface area contributed by atoms with Gasteiger partial charge < -0.3 is 4.57 Å². The molecule has 1 aromatic heterocycles. The van der Waals surface area contributed by atoms with Crippen LogP contribution in [0, 0.1) is 0 Å². The van der Waals surface area contributed by atoms with Crippen LogP contribution in [0.3, 0.4) is 0 Å². The van der Waals surface area contributed by atoms with E-state index >= 15 is 0 Å². The number of hydrogen-bond acceptors (Lipinski definition) is 0. The molecule has 170 valence electrons. The van der Waals surface area contributed by atoms with E-state index in [1.165, 1.54) is 71.3 Å². The predicted molar refractivity (Wildman–Crippen MR) is 153 cm³/mol. The summed E-state index contributed by atoms with van der Waals surface area (Å²) >= 11 is 0. The monoisotopic (exact) mass is 459 g/mol. The third kappa shape index (κ3) is 2.40. The van der Waals surface area contributed by atoms with Crippen molar-refractivity contribution in [2.45, 2.75) is 19.3 Å². The van der Waals surface area contributed by atoms with E-state index in [0.29, 0.717) is 0 Å². The van der Waals surface area contributed by atoms with Crippen molar-refractivity contribution in [3.63, 3.8) is 0 Å². The molecule has 6 aromatic carbocycles. The van der Waals surface area contributed by atoms with Crippen LogP contribution in [0.4, 0.5) is 0 Å². The zero-order valence-electron chi connectivity index (χ0n) is 20.4. The smallest absolute Gasteiger partial charge is 0.0546 e. The number of hydrogen-bond donors (Lipinski definition) is 0. The van der Waals surface area contributed by atoms with Crippen LogP contribution < -0.4 is 0 Å². The van der Waals surface area contributed by atoms with Gasteiger partial charge in [-0.15, -0.1) is 0 Å². The first-order valence-corrected chi connectivity index (χ1v) is 12.7. The lowest BCUT2D eigenvalue weighted by Gasteiger charge is -2.22. The van der Waals surface area contributed by atoms with Crippen LogP contribution in [0.15, 0.2) is 115 Å². The molecule has 0 aliphatic heterocycles. The van der Waals surface area contributed by atoms with Gasteiger partial charge in [0.1, 0.15) is 0 Å². The van der Waals surface area contributed by atoms with Gasteiger partial charge in [0.25, 0.3) is 0 Å². The molecule has 1 heterocycles. The molecule has 1 heteroatoms. The molecule has 1 aliphatic carbocycles. The maximum atomic E-state index is 2.50. The molecule has 0 saturated heterocycles. The van der Waals surface area contributed by atoms with Gasteiger partial charge in [0.05, 0.1) is 16.7 Å². The van der Waals surface area contributed by atoms with Crippen molar-refractivity contribution in [3.05, 3.63) is 126 Å². The fourth-order valence-electron chi connectivity index (χ4n) is 6.81. The summed E-state index contributed by atoms with van der Waals surface area (Å²) in [5.74, 6) is 0. The Morgan fingerprint density at radius 1 is 0.528 bits per heavy atom. The topological polar surface area (TPSA) is 4.93 Å². The second-order valence-corrected chi connectivity index (χ2v) is 10.6. The fourth-order valence-corrected chi connectivity index (χ4v) is 6.81. The summed E-state index contributed by atoms with van der Waals surface area (Å²) in [6.07, 6.45) is 0. The van der Waals surface area contributed by atoms with Gasteiger partial charge in [-0.05, 0) is 56.6 Å². The van der Waals surface area contributed by atoms with Crippen LogP contribution in [0.25, 0.3) is 60.2 Å². The largest absolute Gasteiger partial charge is 0.309 e. The molecular weight excluding hydrogens is 434 g/mol. The summed E-state index contributed by atoms with van der Waals surface area (Å²) in [6, 6.07) is 42.5. The van der Waals surface area contributed by atoms with Crippen molar-refractivity contribution in [2.24, 2.45) is 0 Å². The lowest BCUT2D eigenvalue weighted by molar-refractivity contribution is 0.666. The van der Waals surface area contributed by atoms with Crippen molar-refractivity contribution < 1.29 is 0 Å². The van der Waals surface area contributed by atoms with Gasteiger partial charge in [0.2, 0.25) is 0 Å². The van der Waals surface area contributed by atoms with Crippen molar-refractivity contribution in [1.29, 1.82) is 0 Å². The Balaban J connectivity index is 1.58. The Bertz CT molecular complexity index is 2020. The first-order valence-electron chi connectivity index (χ1n) is 12.7. The van der Waals surface area contributed by atoms with Gasteiger partial charge in [-0.2, -0.15) is 0 Å². The van der Waals surface area contributed by atoms with Gasteiger partial charge in [-0.1, -0.05) is 111 Å². The van der Waals surface area contributed by atoms with E-state index in [1.807, 2.05) is 0 Å². The minimum atomic E-state index is -0.0636. The Kier molecular flexibility index (Phi) is 3.79. The second kappa shape index (κ2) is 6.86. The first-order chi connectivity index (χ1) is 17.6. The highest BCUT2D eigenvalue weighted by molar-refractivity contribution is 6.17. The number of para-hydroxylation sites is 1. The maximum Gasteiger partial charge on any atom is 0.0546 e. The third-order valence-corrected chi connectivity index (χ3v) is 8.34. The molecule has 1 nitrogen and oxygen atoms in total. The van der Waals surface area contributed by atoms with Crippen LogP contribution in [-0.2, 0) is 5.41 Å². The zero-order valence-corrected chi connectivity index (χ0v) is 20.4. The van der Waals surface area contributed by atoms with E-state index in [2.05, 4.69) is 134 Å². The SMILES string of the molecule is CC1(C)c2ccccc2-c2ccc3c(c21)c1ccccc1n3-c1cc2ccccc2c2ccccc12. The minimum absolute atomic E-state index is 0.0636. The lowest BCUT2D eigenvalue weighted by Crippen LogP contribution is -2.15. The predicted octanol–water partition coefficient (Wildman–Crippen LogP) is 9.40. The van der Waals surface area contributed by atoms with E-state index in [4.69, 9.17) is 0 Å². The number of aromatic nitrogens is 1. The van der Waals surface area contributed by atoms with Gasteiger partial charge in [-0.3, -0.25) is 0 Å². The molecular formula is C35H25N. The van der Waals surface area contributed by atoms with Crippen LogP contribution in [0.5, 0.6) is 0 Å². The Labute approximate surface area is 210 Å². The summed E-state index contributed by atoms with van der Waals surface area (Å²) in [5, 5.41) is 7.84. The second-order valence-electron chi connectivity index (χ2n) is 10.6. The maximum absolute atomic E-state index is 2.50. The summed E-state index contributed by atoms with van der Waals surface area (Å²) in [4.78, 5) is 0. The van der Waals surface area contributed by atoms with E-state index in [9.17, 15) is 0 Å². The summed E-state index contributed by atoms with van der Waals surface area (Å²) in [5.41, 5.74) is 9.31. The van der Waals surface area contributed by atoms with E-state index in [-0.39, 0.29) is 5.41 Å². The molecule has 0 bridgehead atoms. The Morgan fingerprint density at radius 2 is 1.19 bits per heavy atom. The minimum Gasteiger partial charge on any atom is -0.309 e. The number of nitrogens with zero attached hydrogens (tertiary/aromatic N) is 1. The normalized spacial score (nSPS) is 14.1. The Morgan fingerprint density at radius 3 is 2.06 bits per heavy atom. The van der Waals surface area contributed by atoms with Crippen molar-refractivity contribution >= 4 is 43.4 Å². The van der Waals surface area contributed by atoms with Gasteiger partial charge in [0.15, 0.2) is 0 Å². The molecule has 7 aromatic rings. The molecule has 0 atom stereocenters. The first kappa shape index (κ1) is 19.9. The summed E-state index contributed by atoms with van der Waals surface area (Å²) in [7, 11) is 0. The van der Waals surface area contributed by atoms with Gasteiger partial charge in [-0.25, -0.2) is 0 Å². The molecule has 36 heavy (non-hydrogen) atoms. The molecule has 0 spiro atoms. The average Bonchev–Trinajstić information content (AvgIpc) is 3.37. The van der Waals surface area contributed by atoms with Crippen LogP contribution >= 0.6 is 0 Å². The zero-order chi connectivity index (χ0) is 24.0. The molecule has 8 rings (SSSR count). The van der Waals surface area contributed by atoms with Crippen molar-refractivity contribution in [1.82, 2.24) is 4.57 Å². The molecule has 1 aliphatic rings. The van der Waals surface area contributed by atoms with Crippen LogP contribution in [0.2, 0.25) is 0 Å². The third-order valence-electron chi connectivity index (χ3n) is 8.34. The fraction of sp³-hybridized carbons (Fsp3) is 0.0857. The molecule has 0 unspecified atom stereocenters. The van der Waals surface area contributed by atoms with Gasteiger partial charge >= 0.3 is 0 Å². The summed E-state index contributed by atoms with van der Waals surface area (Å²) < 4.78 is 2.50. The highest BCUT2D eigenvalue weighted by atomic mass is 15.0. The molecule has 0 N–H and O–H groups in total. The standard InChI is InChI=1S/C35H25N/c1-35(2)29-17-9-7-14-25(29)27-19-20-31-33(34(27)35)28-16-8-10-18-30(28)36(31)32-21-22-11-3-4-12-23(22)24-13-5-6-15-26(24)32/h3-21H,1-2H3. The molecule has 0 saturated carbocycles. The van der Waals surface area contributed by atoms with Gasteiger partial charge in [0, 0.05) is 21.6 Å². The van der Waals surface area contributed by atoms with Crippen LogP contribution in [0.1, 0.15) is 25.0 Å². The van der Waals surface area contributed by atoms with Crippen LogP contribution in [-0.4, -0.2) is 4.57 Å². The molecule has 0 fully saturated rings. The quantitative estimate of drug-likeness (QED) is 0.215. The van der Waals surface area contributed by atoms with Crippen molar-refractivity contribution in [2.75, 3.05) is 0 Å². The Hall–Kier alpha value is -4.36. The van der Waals surface area contributed by atoms with E-state index in [0.717, 1.165) is 0 Å². The highest BCUT2D eigenvalue weighted by Crippen LogP contribution is 2.53. The number of rotatable bonds is 1. The van der Waals surface area contributed by atoms with E-state index in [1.54, 1.807) is 0 Å². The van der Waals surface area contributed by atoms with Crippen molar-refractivity contribution in [3.8, 4) is 16.8 Å².